The molecule has 0 spiro atoms. The Morgan fingerprint density at radius 3 is 2.55 bits per heavy atom. The molecule has 3 aromatic rings. The van der Waals surface area contributed by atoms with E-state index in [4.69, 9.17) is 4.42 Å². The van der Waals surface area contributed by atoms with Crippen molar-refractivity contribution in [3.63, 3.8) is 0 Å². The van der Waals surface area contributed by atoms with Crippen molar-refractivity contribution in [1.29, 1.82) is 0 Å². The molecule has 150 valence electrons. The number of likely N-dealkylation sites (tertiary alicyclic amines) is 1. The van der Waals surface area contributed by atoms with E-state index in [0.717, 1.165) is 38.9 Å². The number of benzene rings is 2. The van der Waals surface area contributed by atoms with E-state index in [1.807, 2.05) is 6.07 Å². The van der Waals surface area contributed by atoms with Crippen LogP contribution in [-0.2, 0) is 6.54 Å². The van der Waals surface area contributed by atoms with Crippen molar-refractivity contribution in [2.45, 2.75) is 25.8 Å². The van der Waals surface area contributed by atoms with E-state index in [1.54, 1.807) is 24.3 Å². The number of hydrogen-bond acceptors (Lipinski definition) is 4. The first-order valence-electron chi connectivity index (χ1n) is 10.3. The van der Waals surface area contributed by atoms with Gasteiger partial charge in [-0.2, -0.15) is 0 Å². The highest BCUT2D eigenvalue weighted by Gasteiger charge is 2.20. The van der Waals surface area contributed by atoms with Gasteiger partial charge in [0, 0.05) is 13.1 Å². The van der Waals surface area contributed by atoms with Crippen molar-refractivity contribution in [3.05, 3.63) is 82.2 Å². The van der Waals surface area contributed by atoms with Crippen LogP contribution in [0.5, 0.6) is 0 Å². The minimum absolute atomic E-state index is 0.0707. The van der Waals surface area contributed by atoms with Crippen LogP contribution in [0, 0.1) is 5.92 Å². The summed E-state index contributed by atoms with van der Waals surface area (Å²) >= 11 is 0. The molecule has 1 aliphatic heterocycles. The highest BCUT2D eigenvalue weighted by molar-refractivity contribution is 5.96. The number of piperidine rings is 1. The highest BCUT2D eigenvalue weighted by atomic mass is 16.3. The summed E-state index contributed by atoms with van der Waals surface area (Å²) in [5, 5.41) is 3.33. The number of carbonyl (C=O) groups excluding carboxylic acids is 1. The second-order valence-electron chi connectivity index (χ2n) is 7.72. The molecule has 2 aromatic carbocycles. The quantitative estimate of drug-likeness (QED) is 0.695. The fraction of sp³-hybridized carbons (Fsp3) is 0.333. The van der Waals surface area contributed by atoms with Crippen LogP contribution in [0.15, 0.2) is 70.1 Å². The zero-order valence-electron chi connectivity index (χ0n) is 16.5. The van der Waals surface area contributed by atoms with E-state index in [2.05, 4.69) is 34.5 Å². The number of fused-ring (bicyclic) bond motifs is 1. The molecule has 0 atom stereocenters. The van der Waals surface area contributed by atoms with E-state index in [1.165, 1.54) is 11.8 Å². The average Bonchev–Trinajstić information content (AvgIpc) is 2.76. The Bertz CT molecular complexity index is 1020. The van der Waals surface area contributed by atoms with Crippen LogP contribution < -0.4 is 10.7 Å². The zero-order chi connectivity index (χ0) is 20.1. The van der Waals surface area contributed by atoms with Gasteiger partial charge in [-0.3, -0.25) is 14.5 Å². The fourth-order valence-corrected chi connectivity index (χ4v) is 3.99. The Balaban J connectivity index is 1.24. The van der Waals surface area contributed by atoms with Crippen molar-refractivity contribution >= 4 is 16.9 Å². The zero-order valence-corrected chi connectivity index (χ0v) is 16.5. The second-order valence-corrected chi connectivity index (χ2v) is 7.72. The normalized spacial score (nSPS) is 15.4. The summed E-state index contributed by atoms with van der Waals surface area (Å²) in [5.74, 6) is 0.251. The van der Waals surface area contributed by atoms with Crippen LogP contribution in [0.25, 0.3) is 11.0 Å². The van der Waals surface area contributed by atoms with Crippen LogP contribution in [-0.4, -0.2) is 30.4 Å². The molecule has 1 N–H and O–H groups in total. The Hall–Kier alpha value is -2.92. The lowest BCUT2D eigenvalue weighted by molar-refractivity contribution is 0.0945. The van der Waals surface area contributed by atoms with Crippen LogP contribution in [0.4, 0.5) is 0 Å². The van der Waals surface area contributed by atoms with Gasteiger partial charge in [-0.05, 0) is 56.0 Å². The molecule has 1 amide bonds. The Labute approximate surface area is 170 Å². The van der Waals surface area contributed by atoms with E-state index < -0.39 is 0 Å². The Morgan fingerprint density at radius 1 is 1.03 bits per heavy atom. The fourth-order valence-electron chi connectivity index (χ4n) is 3.99. The van der Waals surface area contributed by atoms with Gasteiger partial charge >= 0.3 is 0 Å². The number of rotatable bonds is 6. The van der Waals surface area contributed by atoms with Crippen LogP contribution in [0.2, 0.25) is 0 Å². The number of para-hydroxylation sites is 1. The summed E-state index contributed by atoms with van der Waals surface area (Å²) in [4.78, 5) is 27.4. The monoisotopic (exact) mass is 390 g/mol. The van der Waals surface area contributed by atoms with Crippen LogP contribution in [0.3, 0.4) is 0 Å². The predicted octanol–water partition coefficient (Wildman–Crippen LogP) is 3.83. The first-order chi connectivity index (χ1) is 14.2. The van der Waals surface area contributed by atoms with Gasteiger partial charge in [-0.15, -0.1) is 0 Å². The van der Waals surface area contributed by atoms with Crippen molar-refractivity contribution in [2.75, 3.05) is 19.6 Å². The SMILES string of the molecule is O=C(NCCC1CCN(Cc2ccccc2)CC1)c1coc2ccccc2c1=O. The summed E-state index contributed by atoms with van der Waals surface area (Å²) in [7, 11) is 0. The van der Waals surface area contributed by atoms with E-state index in [9.17, 15) is 9.59 Å². The number of nitrogens with one attached hydrogen (secondary N) is 1. The molecular weight excluding hydrogens is 364 g/mol. The smallest absolute Gasteiger partial charge is 0.258 e. The molecule has 5 heteroatoms. The first-order valence-corrected chi connectivity index (χ1v) is 10.3. The molecule has 0 saturated carbocycles. The van der Waals surface area contributed by atoms with Gasteiger partial charge < -0.3 is 9.73 Å². The Morgan fingerprint density at radius 2 is 1.76 bits per heavy atom. The standard InChI is InChI=1S/C24H26N2O3/c27-23-20-8-4-5-9-22(20)29-17-21(23)24(28)25-13-10-18-11-14-26(15-12-18)16-19-6-2-1-3-7-19/h1-9,17-18H,10-16H2,(H,25,28). The molecule has 1 fully saturated rings. The van der Waals surface area contributed by atoms with Gasteiger partial charge in [-0.1, -0.05) is 42.5 Å². The van der Waals surface area contributed by atoms with Crippen LogP contribution >= 0.6 is 0 Å². The maximum atomic E-state index is 12.5. The van der Waals surface area contributed by atoms with Crippen molar-refractivity contribution in [1.82, 2.24) is 10.2 Å². The van der Waals surface area contributed by atoms with E-state index in [-0.39, 0.29) is 16.9 Å². The molecule has 1 aromatic heterocycles. The summed E-state index contributed by atoms with van der Waals surface area (Å²) in [6, 6.07) is 17.5. The lowest BCUT2D eigenvalue weighted by Crippen LogP contribution is -2.35. The third kappa shape index (κ3) is 4.74. The van der Waals surface area contributed by atoms with Crippen molar-refractivity contribution in [2.24, 2.45) is 5.92 Å². The average molecular weight is 390 g/mol. The van der Waals surface area contributed by atoms with Gasteiger partial charge in [0.2, 0.25) is 5.43 Å². The molecule has 0 unspecified atom stereocenters. The Kier molecular flexibility index (Phi) is 6.06. The number of nitrogens with zero attached hydrogens (tertiary/aromatic N) is 1. The largest absolute Gasteiger partial charge is 0.463 e. The third-order valence-corrected chi connectivity index (χ3v) is 5.72. The molecule has 5 nitrogen and oxygen atoms in total. The van der Waals surface area contributed by atoms with Gasteiger partial charge in [0.1, 0.15) is 17.4 Å². The van der Waals surface area contributed by atoms with Gasteiger partial charge in [0.25, 0.3) is 5.91 Å². The maximum absolute atomic E-state index is 12.5. The molecule has 1 saturated heterocycles. The first kappa shape index (κ1) is 19.4. The second kappa shape index (κ2) is 9.05. The van der Waals surface area contributed by atoms with Crippen molar-refractivity contribution < 1.29 is 9.21 Å². The maximum Gasteiger partial charge on any atom is 0.258 e. The molecule has 4 rings (SSSR count). The molecule has 1 aliphatic rings. The molecule has 0 radical (unpaired) electrons. The van der Waals surface area contributed by atoms with Gasteiger partial charge in [0.05, 0.1) is 5.39 Å². The number of hydrogen-bond donors (Lipinski definition) is 1. The van der Waals surface area contributed by atoms with Gasteiger partial charge in [0.15, 0.2) is 0 Å². The summed E-state index contributed by atoms with van der Waals surface area (Å²) in [6.45, 7) is 3.75. The summed E-state index contributed by atoms with van der Waals surface area (Å²) in [5.41, 5.74) is 1.64. The minimum atomic E-state index is -0.356. The van der Waals surface area contributed by atoms with Crippen molar-refractivity contribution in [3.8, 4) is 0 Å². The topological polar surface area (TPSA) is 62.6 Å². The predicted molar refractivity (Wildman–Crippen MR) is 114 cm³/mol. The molecule has 0 aliphatic carbocycles. The summed E-state index contributed by atoms with van der Waals surface area (Å²) in [6.07, 6.45) is 4.48. The highest BCUT2D eigenvalue weighted by Crippen LogP contribution is 2.21. The lowest BCUT2D eigenvalue weighted by Gasteiger charge is -2.32. The third-order valence-electron chi connectivity index (χ3n) is 5.72. The lowest BCUT2D eigenvalue weighted by atomic mass is 9.93. The molecule has 29 heavy (non-hydrogen) atoms. The van der Waals surface area contributed by atoms with Crippen LogP contribution in [0.1, 0.15) is 35.2 Å². The number of amides is 1. The molecular formula is C24H26N2O3. The van der Waals surface area contributed by atoms with Gasteiger partial charge in [-0.25, -0.2) is 0 Å². The summed E-state index contributed by atoms with van der Waals surface area (Å²) < 4.78 is 5.44. The molecule has 0 bridgehead atoms. The van der Waals surface area contributed by atoms with E-state index in [0.29, 0.717) is 23.4 Å². The minimum Gasteiger partial charge on any atom is -0.463 e. The number of carbonyl (C=O) groups is 1. The molecule has 2 heterocycles. The van der Waals surface area contributed by atoms with E-state index >= 15 is 0 Å².